The number of alkyl halides is 10. The number of para-hydroxylation sites is 1. The number of ether oxygens (including phenoxy) is 1. The molecule has 0 N–H and O–H groups in total. The van der Waals surface area contributed by atoms with Gasteiger partial charge in [-0.25, -0.2) is 4.39 Å². The van der Waals surface area contributed by atoms with Gasteiger partial charge >= 0.3 is 24.4 Å². The number of halogens is 10. The first-order valence-corrected chi connectivity index (χ1v) is 7.70. The standard InChI is InChI=1S/C18H11F10O/c1-9-7-10(2)14(11-5-3-4-6-13(11)29-18(26,27)28)12(8-9)15(19,16(20,21)22)17(23,24)25/h3-6,8H,1-2H3. The summed E-state index contributed by atoms with van der Waals surface area (Å²) in [7, 11) is 0. The Morgan fingerprint density at radius 2 is 1.31 bits per heavy atom. The molecule has 0 spiro atoms. The van der Waals surface area contributed by atoms with Gasteiger partial charge in [0.15, 0.2) is 0 Å². The molecule has 0 aliphatic rings. The van der Waals surface area contributed by atoms with Gasteiger partial charge in [0.05, 0.1) is 0 Å². The maximum atomic E-state index is 14.8. The molecule has 0 bridgehead atoms. The second-order valence-corrected chi connectivity index (χ2v) is 6.06. The van der Waals surface area contributed by atoms with Crippen LogP contribution >= 0.6 is 0 Å². The first-order valence-electron chi connectivity index (χ1n) is 7.70. The molecule has 2 aromatic carbocycles. The van der Waals surface area contributed by atoms with E-state index in [2.05, 4.69) is 10.8 Å². The van der Waals surface area contributed by atoms with Crippen LogP contribution in [0.5, 0.6) is 5.75 Å². The van der Waals surface area contributed by atoms with Crippen molar-refractivity contribution in [1.29, 1.82) is 0 Å². The minimum absolute atomic E-state index is 0.258. The topological polar surface area (TPSA) is 9.23 Å². The Morgan fingerprint density at radius 3 is 1.79 bits per heavy atom. The summed E-state index contributed by atoms with van der Waals surface area (Å²) in [4.78, 5) is 0. The summed E-state index contributed by atoms with van der Waals surface area (Å²) >= 11 is 0. The average Bonchev–Trinajstić information content (AvgIpc) is 2.50. The van der Waals surface area contributed by atoms with E-state index in [-0.39, 0.29) is 11.6 Å². The molecule has 0 fully saturated rings. The van der Waals surface area contributed by atoms with Gasteiger partial charge in [-0.3, -0.25) is 0 Å². The minimum atomic E-state index is -6.44. The van der Waals surface area contributed by atoms with Crippen LogP contribution in [0.25, 0.3) is 11.1 Å². The van der Waals surface area contributed by atoms with Crippen molar-refractivity contribution in [3.05, 3.63) is 53.1 Å². The summed E-state index contributed by atoms with van der Waals surface area (Å²) in [5, 5.41) is 0. The van der Waals surface area contributed by atoms with Gasteiger partial charge in [-0.1, -0.05) is 24.3 Å². The van der Waals surface area contributed by atoms with Gasteiger partial charge < -0.3 is 4.74 Å². The number of hydrogen-bond acceptors (Lipinski definition) is 1. The van der Waals surface area contributed by atoms with E-state index in [4.69, 9.17) is 0 Å². The Hall–Kier alpha value is -2.46. The molecule has 0 aliphatic heterocycles. The van der Waals surface area contributed by atoms with Crippen LogP contribution in [0.2, 0.25) is 0 Å². The minimum Gasteiger partial charge on any atom is -0.405 e. The van der Waals surface area contributed by atoms with E-state index in [1.54, 1.807) is 0 Å². The molecule has 0 saturated carbocycles. The highest BCUT2D eigenvalue weighted by atomic mass is 19.4. The van der Waals surface area contributed by atoms with Gasteiger partial charge in [0.2, 0.25) is 0 Å². The van der Waals surface area contributed by atoms with E-state index in [9.17, 15) is 43.9 Å². The molecule has 0 atom stereocenters. The second kappa shape index (κ2) is 7.10. The lowest BCUT2D eigenvalue weighted by molar-refractivity contribution is -0.348. The zero-order chi connectivity index (χ0) is 22.4. The van der Waals surface area contributed by atoms with Gasteiger partial charge in [-0.05, 0) is 42.7 Å². The maximum Gasteiger partial charge on any atom is 0.573 e. The number of benzene rings is 2. The van der Waals surface area contributed by atoms with Crippen molar-refractivity contribution in [3.63, 3.8) is 0 Å². The van der Waals surface area contributed by atoms with E-state index in [0.29, 0.717) is 6.07 Å². The molecule has 2 aromatic rings. The predicted octanol–water partition coefficient (Wildman–Crippen LogP) is 6.96. The summed E-state index contributed by atoms with van der Waals surface area (Å²) in [5.41, 5.74) is -10.3. The Balaban J connectivity index is 2.95. The molecule has 0 unspecified atom stereocenters. The number of hydrogen-bond donors (Lipinski definition) is 0. The van der Waals surface area contributed by atoms with Crippen LogP contribution in [0.15, 0.2) is 30.3 Å². The normalized spacial score (nSPS) is 13.5. The fourth-order valence-corrected chi connectivity index (χ4v) is 2.86. The highest BCUT2D eigenvalue weighted by molar-refractivity contribution is 5.77. The van der Waals surface area contributed by atoms with Crippen molar-refractivity contribution < 1.29 is 48.6 Å². The Morgan fingerprint density at radius 1 is 0.793 bits per heavy atom. The zero-order valence-electron chi connectivity index (χ0n) is 14.6. The monoisotopic (exact) mass is 433 g/mol. The molecule has 0 heterocycles. The first-order chi connectivity index (χ1) is 13.0. The molecule has 0 amide bonds. The van der Waals surface area contributed by atoms with Gasteiger partial charge in [-0.2, -0.15) is 26.3 Å². The largest absolute Gasteiger partial charge is 0.573 e. The molecule has 1 radical (unpaired) electrons. The van der Waals surface area contributed by atoms with Gasteiger partial charge in [-0.15, -0.1) is 13.2 Å². The molecule has 11 heteroatoms. The fourth-order valence-electron chi connectivity index (χ4n) is 2.86. The Kier molecular flexibility index (Phi) is 5.59. The summed E-state index contributed by atoms with van der Waals surface area (Å²) in [6.07, 6.45) is -18.2. The highest BCUT2D eigenvalue weighted by Gasteiger charge is 2.74. The van der Waals surface area contributed by atoms with Crippen LogP contribution < -0.4 is 4.74 Å². The number of aryl methyl sites for hydroxylation is 2. The van der Waals surface area contributed by atoms with Crippen molar-refractivity contribution >= 4 is 0 Å². The van der Waals surface area contributed by atoms with Crippen LogP contribution in [0.3, 0.4) is 0 Å². The van der Waals surface area contributed by atoms with Crippen LogP contribution in [0.4, 0.5) is 43.9 Å². The quantitative estimate of drug-likeness (QED) is 0.476. The predicted molar refractivity (Wildman–Crippen MR) is 81.8 cm³/mol. The van der Waals surface area contributed by atoms with E-state index in [0.717, 1.165) is 32.0 Å². The molecule has 1 nitrogen and oxygen atoms in total. The second-order valence-electron chi connectivity index (χ2n) is 6.06. The van der Waals surface area contributed by atoms with Crippen molar-refractivity contribution in [2.75, 3.05) is 0 Å². The highest BCUT2D eigenvalue weighted by Crippen LogP contribution is 2.56. The zero-order valence-corrected chi connectivity index (χ0v) is 14.6. The fraction of sp³-hybridized carbons (Fsp3) is 0.333. The molecule has 29 heavy (non-hydrogen) atoms. The molecular weight excluding hydrogens is 422 g/mol. The lowest BCUT2D eigenvalue weighted by Crippen LogP contribution is -2.50. The molecular formula is C18H11F10O. The molecule has 159 valence electrons. The smallest absolute Gasteiger partial charge is 0.405 e. The van der Waals surface area contributed by atoms with Crippen LogP contribution in [-0.2, 0) is 5.67 Å². The molecule has 0 saturated heterocycles. The molecule has 0 aliphatic carbocycles. The third-order valence-corrected chi connectivity index (χ3v) is 3.92. The first kappa shape index (κ1) is 22.8. The van der Waals surface area contributed by atoms with Crippen molar-refractivity contribution in [2.24, 2.45) is 0 Å². The van der Waals surface area contributed by atoms with Gasteiger partial charge in [0.25, 0.3) is 0 Å². The van der Waals surface area contributed by atoms with E-state index < -0.39 is 52.4 Å². The van der Waals surface area contributed by atoms with Crippen LogP contribution in [0, 0.1) is 19.9 Å². The summed E-state index contributed by atoms with van der Waals surface area (Å²) in [5.74, 6) is -1.09. The SMILES string of the molecule is Cc1[c]c(C)c(-c2ccccc2OC(F)(F)F)c(C(F)(C(F)(F)F)C(F)(F)F)c1. The summed E-state index contributed by atoms with van der Waals surface area (Å²) < 4.78 is 136. The van der Waals surface area contributed by atoms with Crippen LogP contribution in [-0.4, -0.2) is 18.7 Å². The van der Waals surface area contributed by atoms with E-state index in [1.807, 2.05) is 0 Å². The lowest BCUT2D eigenvalue weighted by Gasteiger charge is -2.33. The van der Waals surface area contributed by atoms with Gasteiger partial charge in [0, 0.05) is 11.1 Å². The average molecular weight is 433 g/mol. The van der Waals surface area contributed by atoms with Gasteiger partial charge in [0.1, 0.15) is 5.75 Å². The van der Waals surface area contributed by atoms with Crippen molar-refractivity contribution in [2.45, 2.75) is 38.2 Å². The van der Waals surface area contributed by atoms with E-state index >= 15 is 0 Å². The van der Waals surface area contributed by atoms with E-state index in [1.165, 1.54) is 0 Å². The Labute approximate surface area is 157 Å². The summed E-state index contributed by atoms with van der Waals surface area (Å²) in [6.45, 7) is 2.08. The van der Waals surface area contributed by atoms with Crippen molar-refractivity contribution in [3.8, 4) is 16.9 Å². The summed E-state index contributed by atoms with van der Waals surface area (Å²) in [6, 6.07) is 6.22. The molecule has 0 aromatic heterocycles. The van der Waals surface area contributed by atoms with Crippen molar-refractivity contribution in [1.82, 2.24) is 0 Å². The van der Waals surface area contributed by atoms with Crippen LogP contribution in [0.1, 0.15) is 16.7 Å². The molecule has 2 rings (SSSR count). The third-order valence-electron chi connectivity index (χ3n) is 3.92. The Bertz CT molecular complexity index is 879. The maximum absolute atomic E-state index is 14.8. The third kappa shape index (κ3) is 4.27. The lowest BCUT2D eigenvalue weighted by atomic mass is 9.83. The number of rotatable bonds is 3.